The third kappa shape index (κ3) is 4.79. The molecule has 1 saturated heterocycles. The minimum absolute atomic E-state index is 0.156. The van der Waals surface area contributed by atoms with E-state index in [4.69, 9.17) is 9.47 Å². The topological polar surface area (TPSA) is 81.2 Å². The second-order valence-corrected chi connectivity index (χ2v) is 6.00. The van der Waals surface area contributed by atoms with E-state index in [-0.39, 0.29) is 12.2 Å². The largest absolute Gasteiger partial charge is 0.491 e. The van der Waals surface area contributed by atoms with E-state index in [1.54, 1.807) is 6.20 Å². The van der Waals surface area contributed by atoms with Crippen LogP contribution in [0.5, 0.6) is 5.75 Å². The van der Waals surface area contributed by atoms with Crippen molar-refractivity contribution in [2.24, 2.45) is 0 Å². The van der Waals surface area contributed by atoms with E-state index < -0.39 is 0 Å². The smallest absolute Gasteiger partial charge is 0.249 e. The monoisotopic (exact) mass is 329 g/mol. The lowest BCUT2D eigenvalue weighted by molar-refractivity contribution is 0.120. The molecule has 128 valence electrons. The van der Waals surface area contributed by atoms with Gasteiger partial charge in [-0.2, -0.15) is 10.1 Å². The highest BCUT2D eigenvalue weighted by Crippen LogP contribution is 2.19. The summed E-state index contributed by atoms with van der Waals surface area (Å²) in [6.45, 7) is 5.58. The number of benzene rings is 1. The fourth-order valence-electron chi connectivity index (χ4n) is 2.48. The lowest BCUT2D eigenvalue weighted by Crippen LogP contribution is -2.19. The second-order valence-electron chi connectivity index (χ2n) is 6.00. The van der Waals surface area contributed by atoms with Crippen LogP contribution in [0.1, 0.15) is 26.7 Å². The number of nitrogens with zero attached hydrogens (tertiary/aromatic N) is 3. The van der Waals surface area contributed by atoms with Gasteiger partial charge in [0.15, 0.2) is 5.82 Å². The standard InChI is InChI=1S/C17H23N5O2/c1-12(2)24-14-7-5-13(6-8-14)20-17-21-16(11-19-22-17)18-10-15-4-3-9-23-15/h5-8,11-12,15H,3-4,9-10H2,1-2H3,(H2,18,20,21,22). The Hall–Kier alpha value is -2.41. The fraction of sp³-hybridized carbons (Fsp3) is 0.471. The first-order valence-electron chi connectivity index (χ1n) is 8.28. The number of aromatic nitrogens is 3. The van der Waals surface area contributed by atoms with Crippen LogP contribution in [0.3, 0.4) is 0 Å². The third-order valence-corrected chi connectivity index (χ3v) is 3.58. The molecule has 1 aromatic carbocycles. The SMILES string of the molecule is CC(C)Oc1ccc(Nc2nncc(NCC3CCCO3)n2)cc1. The Bertz CT molecular complexity index is 642. The van der Waals surface area contributed by atoms with Gasteiger partial charge in [0.2, 0.25) is 5.95 Å². The van der Waals surface area contributed by atoms with Crippen molar-refractivity contribution in [2.45, 2.75) is 38.9 Å². The van der Waals surface area contributed by atoms with Crippen molar-refractivity contribution in [1.29, 1.82) is 0 Å². The summed E-state index contributed by atoms with van der Waals surface area (Å²) in [5, 5.41) is 14.4. The molecule has 2 heterocycles. The molecular weight excluding hydrogens is 306 g/mol. The molecule has 1 aliphatic heterocycles. The number of ether oxygens (including phenoxy) is 2. The molecule has 24 heavy (non-hydrogen) atoms. The summed E-state index contributed by atoms with van der Waals surface area (Å²) in [6, 6.07) is 7.67. The van der Waals surface area contributed by atoms with Crippen molar-refractivity contribution in [3.05, 3.63) is 30.5 Å². The van der Waals surface area contributed by atoms with Gasteiger partial charge in [-0.1, -0.05) is 0 Å². The van der Waals surface area contributed by atoms with Gasteiger partial charge in [0, 0.05) is 18.8 Å². The van der Waals surface area contributed by atoms with Gasteiger partial charge in [0.05, 0.1) is 18.4 Å². The Morgan fingerprint density at radius 3 is 2.83 bits per heavy atom. The molecule has 0 amide bonds. The van der Waals surface area contributed by atoms with Gasteiger partial charge in [-0.25, -0.2) is 0 Å². The van der Waals surface area contributed by atoms with Crippen LogP contribution in [0.25, 0.3) is 0 Å². The maximum absolute atomic E-state index is 5.63. The molecule has 1 fully saturated rings. The molecule has 1 atom stereocenters. The Kier molecular flexibility index (Phi) is 5.43. The highest BCUT2D eigenvalue weighted by molar-refractivity contribution is 5.55. The summed E-state index contributed by atoms with van der Waals surface area (Å²) in [5.74, 6) is 1.97. The van der Waals surface area contributed by atoms with E-state index in [1.807, 2.05) is 38.1 Å². The molecule has 0 spiro atoms. The molecular formula is C17H23N5O2. The average Bonchev–Trinajstić information content (AvgIpc) is 3.08. The van der Waals surface area contributed by atoms with Crippen LogP contribution in [0.15, 0.2) is 30.5 Å². The summed E-state index contributed by atoms with van der Waals surface area (Å²) in [6.07, 6.45) is 4.23. The van der Waals surface area contributed by atoms with Crippen LogP contribution in [-0.2, 0) is 4.74 Å². The fourth-order valence-corrected chi connectivity index (χ4v) is 2.48. The van der Waals surface area contributed by atoms with Gasteiger partial charge < -0.3 is 20.1 Å². The van der Waals surface area contributed by atoms with Gasteiger partial charge in [0.1, 0.15) is 5.75 Å². The molecule has 2 aromatic rings. The Morgan fingerprint density at radius 2 is 2.12 bits per heavy atom. The van der Waals surface area contributed by atoms with Crippen LogP contribution in [-0.4, -0.2) is 40.5 Å². The highest BCUT2D eigenvalue weighted by Gasteiger charge is 2.15. The van der Waals surface area contributed by atoms with E-state index >= 15 is 0 Å². The van der Waals surface area contributed by atoms with Crippen LogP contribution in [0.4, 0.5) is 17.5 Å². The molecule has 3 rings (SSSR count). The molecule has 0 bridgehead atoms. The quantitative estimate of drug-likeness (QED) is 0.808. The molecule has 7 nitrogen and oxygen atoms in total. The number of hydrogen-bond donors (Lipinski definition) is 2. The summed E-state index contributed by atoms with van der Waals surface area (Å²) >= 11 is 0. The van der Waals surface area contributed by atoms with Crippen molar-refractivity contribution in [1.82, 2.24) is 15.2 Å². The van der Waals surface area contributed by atoms with E-state index in [9.17, 15) is 0 Å². The van der Waals surface area contributed by atoms with Crippen molar-refractivity contribution in [2.75, 3.05) is 23.8 Å². The van der Waals surface area contributed by atoms with Gasteiger partial charge in [-0.3, -0.25) is 0 Å². The van der Waals surface area contributed by atoms with Crippen LogP contribution >= 0.6 is 0 Å². The lowest BCUT2D eigenvalue weighted by Gasteiger charge is -2.12. The third-order valence-electron chi connectivity index (χ3n) is 3.58. The number of nitrogens with one attached hydrogen (secondary N) is 2. The van der Waals surface area contributed by atoms with E-state index in [0.717, 1.165) is 37.4 Å². The predicted octanol–water partition coefficient (Wildman–Crippen LogP) is 2.99. The van der Waals surface area contributed by atoms with Crippen molar-refractivity contribution in [3.63, 3.8) is 0 Å². The minimum atomic E-state index is 0.156. The van der Waals surface area contributed by atoms with Crippen molar-refractivity contribution >= 4 is 17.5 Å². The predicted molar refractivity (Wildman–Crippen MR) is 92.8 cm³/mol. The Morgan fingerprint density at radius 1 is 1.29 bits per heavy atom. The molecule has 0 radical (unpaired) electrons. The summed E-state index contributed by atoms with van der Waals surface area (Å²) in [5.41, 5.74) is 0.879. The Balaban J connectivity index is 1.57. The molecule has 7 heteroatoms. The van der Waals surface area contributed by atoms with Crippen LogP contribution < -0.4 is 15.4 Å². The molecule has 0 aliphatic carbocycles. The normalized spacial score (nSPS) is 17.0. The zero-order valence-corrected chi connectivity index (χ0v) is 14.0. The maximum atomic E-state index is 5.63. The van der Waals surface area contributed by atoms with Gasteiger partial charge >= 0.3 is 0 Å². The first-order chi connectivity index (χ1) is 11.7. The summed E-state index contributed by atoms with van der Waals surface area (Å²) < 4.78 is 11.2. The molecule has 2 N–H and O–H groups in total. The van der Waals surface area contributed by atoms with Crippen LogP contribution in [0.2, 0.25) is 0 Å². The average molecular weight is 329 g/mol. The van der Waals surface area contributed by atoms with Gasteiger partial charge in [0.25, 0.3) is 0 Å². The zero-order valence-electron chi connectivity index (χ0n) is 14.0. The number of rotatable bonds is 7. The first kappa shape index (κ1) is 16.4. The highest BCUT2D eigenvalue weighted by atomic mass is 16.5. The van der Waals surface area contributed by atoms with E-state index in [1.165, 1.54) is 0 Å². The molecule has 1 unspecified atom stereocenters. The molecule has 1 aliphatic rings. The Labute approximate surface area is 141 Å². The number of hydrogen-bond acceptors (Lipinski definition) is 7. The summed E-state index contributed by atoms with van der Waals surface area (Å²) in [7, 11) is 0. The summed E-state index contributed by atoms with van der Waals surface area (Å²) in [4.78, 5) is 4.42. The van der Waals surface area contributed by atoms with Crippen molar-refractivity contribution < 1.29 is 9.47 Å². The van der Waals surface area contributed by atoms with Crippen molar-refractivity contribution in [3.8, 4) is 5.75 Å². The van der Waals surface area contributed by atoms with Crippen LogP contribution in [0, 0.1) is 0 Å². The number of anilines is 3. The second kappa shape index (κ2) is 7.92. The van der Waals surface area contributed by atoms with E-state index in [2.05, 4.69) is 25.8 Å². The first-order valence-corrected chi connectivity index (χ1v) is 8.28. The molecule has 0 saturated carbocycles. The zero-order chi connectivity index (χ0) is 16.8. The minimum Gasteiger partial charge on any atom is -0.491 e. The van der Waals surface area contributed by atoms with Gasteiger partial charge in [-0.05, 0) is 51.0 Å². The van der Waals surface area contributed by atoms with E-state index in [0.29, 0.717) is 11.8 Å². The van der Waals surface area contributed by atoms with Gasteiger partial charge in [-0.15, -0.1) is 5.10 Å². The maximum Gasteiger partial charge on any atom is 0.249 e. The molecule has 1 aromatic heterocycles. The lowest BCUT2D eigenvalue weighted by atomic mass is 10.2.